The van der Waals surface area contributed by atoms with E-state index in [0.29, 0.717) is 17.8 Å². The summed E-state index contributed by atoms with van der Waals surface area (Å²) in [7, 11) is -3.27. The van der Waals surface area contributed by atoms with Crippen LogP contribution in [-0.4, -0.2) is 26.1 Å². The first kappa shape index (κ1) is 20.1. The number of amides is 1. The maximum Gasteiger partial charge on any atom is 0.255 e. The molecule has 0 radical (unpaired) electrons. The highest BCUT2D eigenvalue weighted by molar-refractivity contribution is 7.90. The van der Waals surface area contributed by atoms with Crippen LogP contribution in [0.1, 0.15) is 48.2 Å². The van der Waals surface area contributed by atoms with Crippen LogP contribution < -0.4 is 10.0 Å². The van der Waals surface area contributed by atoms with Crippen molar-refractivity contribution in [3.05, 3.63) is 65.2 Å². The Morgan fingerprint density at radius 2 is 1.54 bits per heavy atom. The molecule has 0 heterocycles. The van der Waals surface area contributed by atoms with Crippen LogP contribution in [0.3, 0.4) is 0 Å². The van der Waals surface area contributed by atoms with E-state index in [1.54, 1.807) is 26.0 Å². The standard InChI is InChI=1S/C20H26N2O3S/c1-14(2)26(24,25)21-13-16(4)17-9-11-19(12-10-17)22-20(23)18-7-5-15(3)6-8-18/h5-12,14,16,21H,13H2,1-4H3,(H,22,23). The molecule has 0 aliphatic carbocycles. The highest BCUT2D eigenvalue weighted by atomic mass is 32.2. The first-order chi connectivity index (χ1) is 12.2. The average Bonchev–Trinajstić information content (AvgIpc) is 2.60. The minimum Gasteiger partial charge on any atom is -0.322 e. The van der Waals surface area contributed by atoms with Crippen LogP contribution in [0.2, 0.25) is 0 Å². The largest absolute Gasteiger partial charge is 0.322 e. The lowest BCUT2D eigenvalue weighted by Gasteiger charge is -2.15. The fraction of sp³-hybridized carbons (Fsp3) is 0.350. The summed E-state index contributed by atoms with van der Waals surface area (Å²) in [6.45, 7) is 7.58. The number of rotatable bonds is 7. The Kier molecular flexibility index (Phi) is 6.56. The lowest BCUT2D eigenvalue weighted by atomic mass is 10.0. The van der Waals surface area contributed by atoms with Gasteiger partial charge in [-0.2, -0.15) is 0 Å². The average molecular weight is 375 g/mol. The number of hydrogen-bond acceptors (Lipinski definition) is 3. The van der Waals surface area contributed by atoms with Crippen LogP contribution >= 0.6 is 0 Å². The van der Waals surface area contributed by atoms with E-state index in [9.17, 15) is 13.2 Å². The Bertz CT molecular complexity index is 842. The molecule has 2 aromatic rings. The second-order valence-electron chi connectivity index (χ2n) is 6.79. The number of benzene rings is 2. The number of carbonyl (C=O) groups excluding carboxylic acids is 1. The van der Waals surface area contributed by atoms with Crippen molar-refractivity contribution in [2.45, 2.75) is 38.9 Å². The molecule has 2 rings (SSSR count). The molecule has 2 aromatic carbocycles. The van der Waals surface area contributed by atoms with Gasteiger partial charge in [-0.25, -0.2) is 13.1 Å². The van der Waals surface area contributed by atoms with Crippen molar-refractivity contribution >= 4 is 21.6 Å². The van der Waals surface area contributed by atoms with Crippen LogP contribution in [0.5, 0.6) is 0 Å². The second-order valence-corrected chi connectivity index (χ2v) is 9.11. The van der Waals surface area contributed by atoms with E-state index in [-0.39, 0.29) is 11.8 Å². The first-order valence-corrected chi connectivity index (χ1v) is 10.2. The minimum absolute atomic E-state index is 0.0328. The van der Waals surface area contributed by atoms with Crippen molar-refractivity contribution < 1.29 is 13.2 Å². The van der Waals surface area contributed by atoms with Gasteiger partial charge in [-0.15, -0.1) is 0 Å². The summed E-state index contributed by atoms with van der Waals surface area (Å²) < 4.78 is 26.3. The topological polar surface area (TPSA) is 75.3 Å². The minimum atomic E-state index is -3.27. The van der Waals surface area contributed by atoms with Gasteiger partial charge in [-0.3, -0.25) is 4.79 Å². The molecule has 1 amide bonds. The number of carbonyl (C=O) groups is 1. The van der Waals surface area contributed by atoms with Gasteiger partial charge in [-0.05, 0) is 56.5 Å². The molecule has 26 heavy (non-hydrogen) atoms. The summed E-state index contributed by atoms with van der Waals surface area (Å²) in [6.07, 6.45) is 0. The van der Waals surface area contributed by atoms with E-state index < -0.39 is 15.3 Å². The SMILES string of the molecule is Cc1ccc(C(=O)Nc2ccc(C(C)CNS(=O)(=O)C(C)C)cc2)cc1. The van der Waals surface area contributed by atoms with E-state index >= 15 is 0 Å². The fourth-order valence-corrected chi connectivity index (χ4v) is 3.14. The molecule has 0 saturated heterocycles. The van der Waals surface area contributed by atoms with Gasteiger partial charge in [0.25, 0.3) is 5.91 Å². The summed E-state index contributed by atoms with van der Waals surface area (Å²) >= 11 is 0. The van der Waals surface area contributed by atoms with Crippen molar-refractivity contribution in [2.24, 2.45) is 0 Å². The van der Waals surface area contributed by atoms with E-state index in [1.807, 2.05) is 50.2 Å². The van der Waals surface area contributed by atoms with Gasteiger partial charge in [0.15, 0.2) is 0 Å². The van der Waals surface area contributed by atoms with Gasteiger partial charge in [0.2, 0.25) is 10.0 Å². The molecule has 0 spiro atoms. The number of anilines is 1. The van der Waals surface area contributed by atoms with Gasteiger partial charge in [0.05, 0.1) is 5.25 Å². The van der Waals surface area contributed by atoms with Crippen LogP contribution in [0.4, 0.5) is 5.69 Å². The molecule has 0 bridgehead atoms. The van der Waals surface area contributed by atoms with E-state index in [0.717, 1.165) is 11.1 Å². The first-order valence-electron chi connectivity index (χ1n) is 8.65. The lowest BCUT2D eigenvalue weighted by molar-refractivity contribution is 0.102. The Balaban J connectivity index is 1.97. The molecule has 6 heteroatoms. The quantitative estimate of drug-likeness (QED) is 0.776. The van der Waals surface area contributed by atoms with Crippen LogP contribution in [0, 0.1) is 6.92 Å². The molecule has 1 unspecified atom stereocenters. The van der Waals surface area contributed by atoms with Crippen molar-refractivity contribution in [1.82, 2.24) is 4.72 Å². The third-order valence-electron chi connectivity index (χ3n) is 4.26. The number of sulfonamides is 1. The molecule has 2 N–H and O–H groups in total. The highest BCUT2D eigenvalue weighted by Gasteiger charge is 2.17. The zero-order chi connectivity index (χ0) is 19.3. The third-order valence-corrected chi connectivity index (χ3v) is 6.07. The van der Waals surface area contributed by atoms with Crippen molar-refractivity contribution in [3.8, 4) is 0 Å². The molecule has 0 fully saturated rings. The predicted molar refractivity (Wildman–Crippen MR) is 106 cm³/mol. The molecule has 0 aliphatic rings. The highest BCUT2D eigenvalue weighted by Crippen LogP contribution is 2.18. The molecule has 0 saturated carbocycles. The Morgan fingerprint density at radius 1 is 0.962 bits per heavy atom. The molecule has 0 aromatic heterocycles. The number of aryl methyl sites for hydroxylation is 1. The monoisotopic (exact) mass is 374 g/mol. The van der Waals surface area contributed by atoms with Crippen LogP contribution in [0.25, 0.3) is 0 Å². The fourth-order valence-electron chi connectivity index (χ4n) is 2.33. The van der Waals surface area contributed by atoms with Gasteiger partial charge in [-0.1, -0.05) is 36.8 Å². The van der Waals surface area contributed by atoms with Gasteiger partial charge in [0, 0.05) is 17.8 Å². The summed E-state index contributed by atoms with van der Waals surface area (Å²) in [5, 5.41) is 2.41. The summed E-state index contributed by atoms with van der Waals surface area (Å²) in [5.74, 6) is -0.124. The summed E-state index contributed by atoms with van der Waals surface area (Å²) in [6, 6.07) is 14.8. The Hall–Kier alpha value is -2.18. The van der Waals surface area contributed by atoms with Crippen LogP contribution in [0.15, 0.2) is 48.5 Å². The predicted octanol–water partition coefficient (Wildman–Crippen LogP) is 3.68. The second kappa shape index (κ2) is 8.47. The van der Waals surface area contributed by atoms with Crippen LogP contribution in [-0.2, 0) is 10.0 Å². The number of nitrogens with one attached hydrogen (secondary N) is 2. The number of hydrogen-bond donors (Lipinski definition) is 2. The maximum atomic E-state index is 12.2. The maximum absolute atomic E-state index is 12.2. The molecule has 0 aliphatic heterocycles. The van der Waals surface area contributed by atoms with Crippen molar-refractivity contribution in [3.63, 3.8) is 0 Å². The summed E-state index contributed by atoms with van der Waals surface area (Å²) in [5.41, 5.74) is 3.42. The van der Waals surface area contributed by atoms with E-state index in [1.165, 1.54) is 0 Å². The molecular formula is C20H26N2O3S. The normalized spacial score (nSPS) is 12.8. The lowest BCUT2D eigenvalue weighted by Crippen LogP contribution is -2.33. The zero-order valence-corrected chi connectivity index (χ0v) is 16.4. The third kappa shape index (κ3) is 5.41. The van der Waals surface area contributed by atoms with Crippen molar-refractivity contribution in [1.29, 1.82) is 0 Å². The Labute approximate surface area is 155 Å². The van der Waals surface area contributed by atoms with Gasteiger partial charge in [0.1, 0.15) is 0 Å². The van der Waals surface area contributed by atoms with Gasteiger partial charge >= 0.3 is 0 Å². The van der Waals surface area contributed by atoms with Gasteiger partial charge < -0.3 is 5.32 Å². The van der Waals surface area contributed by atoms with E-state index in [4.69, 9.17) is 0 Å². The smallest absolute Gasteiger partial charge is 0.255 e. The van der Waals surface area contributed by atoms with Crippen molar-refractivity contribution in [2.75, 3.05) is 11.9 Å². The molecule has 140 valence electrons. The zero-order valence-electron chi connectivity index (χ0n) is 15.6. The molecule has 1 atom stereocenters. The van der Waals surface area contributed by atoms with E-state index in [2.05, 4.69) is 10.0 Å². The molecule has 5 nitrogen and oxygen atoms in total. The molecular weight excluding hydrogens is 348 g/mol. The summed E-state index contributed by atoms with van der Waals surface area (Å²) in [4.78, 5) is 12.2. The Morgan fingerprint density at radius 3 is 2.08 bits per heavy atom.